The summed E-state index contributed by atoms with van der Waals surface area (Å²) in [5, 5.41) is 171. The fourth-order valence-corrected chi connectivity index (χ4v) is 14.2. The Morgan fingerprint density at radius 3 is 1.26 bits per heavy atom. The molecule has 0 bridgehead atoms. The van der Waals surface area contributed by atoms with Crippen LogP contribution in [0.1, 0.15) is 246 Å². The van der Waals surface area contributed by atoms with Gasteiger partial charge in [-0.05, 0) is 26.2 Å². The number of ether oxygens (including phenoxy) is 10. The Morgan fingerprint density at radius 1 is 0.398 bits per heavy atom. The average Bonchev–Trinajstić information content (AvgIpc) is 0.763. The van der Waals surface area contributed by atoms with Crippen LogP contribution >= 0.6 is 0 Å². The lowest BCUT2D eigenvalue weighted by molar-refractivity contribution is -0.391. The molecule has 5 saturated heterocycles. The summed E-state index contributed by atoms with van der Waals surface area (Å²) in [6.07, 6.45) is -2.36. The van der Waals surface area contributed by atoms with Crippen LogP contribution in [0.4, 0.5) is 0 Å². The summed E-state index contributed by atoms with van der Waals surface area (Å²) in [5.41, 5.74) is 0. The van der Waals surface area contributed by atoms with E-state index in [1.54, 1.807) is 6.08 Å². The van der Waals surface area contributed by atoms with Crippen molar-refractivity contribution in [2.75, 3.05) is 33.0 Å². The number of hydrogen-bond donors (Lipinski definition) is 17. The van der Waals surface area contributed by atoms with Crippen LogP contribution in [-0.4, -0.2) is 287 Å². The zero-order valence-electron chi connectivity index (χ0n) is 61.9. The fourth-order valence-electron chi connectivity index (χ4n) is 14.2. The Balaban J connectivity index is 1.21. The highest BCUT2D eigenvalue weighted by Crippen LogP contribution is 2.38. The van der Waals surface area contributed by atoms with Gasteiger partial charge >= 0.3 is 0 Å². The zero-order chi connectivity index (χ0) is 75.2. The molecule has 17 N–H and O–H groups in total. The molecule has 29 heteroatoms. The molecular weight excluding hydrogens is 1350 g/mol. The minimum Gasteiger partial charge on any atom is -0.394 e. The predicted molar refractivity (Wildman–Crippen MR) is 376 cm³/mol. The number of allylic oxidation sites excluding steroid dienone is 1. The first-order valence-electron chi connectivity index (χ1n) is 39.3. The van der Waals surface area contributed by atoms with E-state index in [1.165, 1.54) is 155 Å². The third-order valence-corrected chi connectivity index (χ3v) is 20.7. The monoisotopic (exact) mass is 1480 g/mol. The van der Waals surface area contributed by atoms with Crippen molar-refractivity contribution in [2.24, 2.45) is 0 Å². The Hall–Kier alpha value is -2.32. The highest BCUT2D eigenvalue weighted by atomic mass is 16.8. The molecule has 10 unspecified atom stereocenters. The van der Waals surface area contributed by atoms with Crippen LogP contribution in [-0.2, 0) is 57.0 Å². The molecule has 0 aromatic heterocycles. The maximum atomic E-state index is 13.6. The topological polar surface area (TPSA) is 454 Å². The van der Waals surface area contributed by atoms with E-state index in [2.05, 4.69) is 24.5 Å². The molecule has 0 saturated carbocycles. The summed E-state index contributed by atoms with van der Waals surface area (Å²) in [4.78, 5) is 26.7. The lowest BCUT2D eigenvalue weighted by Crippen LogP contribution is -2.71. The van der Waals surface area contributed by atoms with Crippen molar-refractivity contribution in [1.82, 2.24) is 10.6 Å². The van der Waals surface area contributed by atoms with Crippen molar-refractivity contribution in [1.29, 1.82) is 0 Å². The van der Waals surface area contributed by atoms with Gasteiger partial charge in [-0.25, -0.2) is 0 Å². The van der Waals surface area contributed by atoms with Crippen molar-refractivity contribution in [2.45, 2.75) is 412 Å². The van der Waals surface area contributed by atoms with Crippen molar-refractivity contribution >= 4 is 11.8 Å². The number of amides is 2. The van der Waals surface area contributed by atoms with Gasteiger partial charge in [-0.3, -0.25) is 9.59 Å². The average molecular weight is 1490 g/mol. The molecule has 0 spiro atoms. The van der Waals surface area contributed by atoms with Crippen molar-refractivity contribution in [3.8, 4) is 0 Å². The van der Waals surface area contributed by atoms with Gasteiger partial charge in [0.15, 0.2) is 31.5 Å². The molecule has 5 aliphatic heterocycles. The molecule has 5 rings (SSSR count). The molecule has 604 valence electrons. The maximum Gasteiger partial charge on any atom is 0.220 e. The largest absolute Gasteiger partial charge is 0.394 e. The first-order valence-corrected chi connectivity index (χ1v) is 39.3. The third kappa shape index (κ3) is 30.5. The standard InChI is InChI=1S/C74H136N2O27/c1-5-7-9-11-13-15-17-19-20-21-22-23-24-25-26-28-30-32-34-36-38-40-54(83)76-48(49(82)39-37-35-33-31-29-27-18-16-14-12-10-8-6-2)45-94-71-64(92)61(89)66(52(43-79)99-71)100-74-65(93)69(58(86)51(42-78)97-74)103-70-55(75-47(4)81)68(102-73-63(91)60(88)57(85)50(41-77)96-73)67(53(44-80)98-70)101-72-62(90)59(87)56(84)46(3)95-72/h37,39,46,48-53,55-74,77-80,82,84-93H,5-36,38,40-45H2,1-4H3,(H,75,81)(H,76,83)/b39-37+/t46?,48-,49+,50?,51?,52?,53?,55?,56+,57-,58-,59?,60-,61+,62-,63?,64?,65?,66+,67+,68+,69-,70-,71+,72+,73-,74-/m0/s1. The van der Waals surface area contributed by atoms with Gasteiger partial charge in [-0.2, -0.15) is 0 Å². The number of hydrogen-bond acceptors (Lipinski definition) is 27. The lowest BCUT2D eigenvalue weighted by atomic mass is 9.93. The van der Waals surface area contributed by atoms with Gasteiger partial charge in [-0.15, -0.1) is 0 Å². The molecule has 5 fully saturated rings. The van der Waals surface area contributed by atoms with E-state index >= 15 is 0 Å². The number of nitrogens with one attached hydrogen (secondary N) is 2. The minimum absolute atomic E-state index is 0.191. The quantitative estimate of drug-likeness (QED) is 0.0307. The van der Waals surface area contributed by atoms with Crippen LogP contribution in [0, 0.1) is 0 Å². The molecule has 0 aromatic carbocycles. The summed E-state index contributed by atoms with van der Waals surface area (Å²) < 4.78 is 59.8. The van der Waals surface area contributed by atoms with Crippen molar-refractivity contribution < 1.29 is 134 Å². The number of aliphatic hydroxyl groups excluding tert-OH is 15. The van der Waals surface area contributed by atoms with Gasteiger partial charge < -0.3 is 135 Å². The summed E-state index contributed by atoms with van der Waals surface area (Å²) in [5.74, 6) is -1.17. The van der Waals surface area contributed by atoms with Crippen LogP contribution in [0.5, 0.6) is 0 Å². The molecule has 0 aliphatic carbocycles. The van der Waals surface area contributed by atoms with Gasteiger partial charge in [0, 0.05) is 13.3 Å². The first kappa shape index (κ1) is 91.3. The third-order valence-electron chi connectivity index (χ3n) is 20.7. The van der Waals surface area contributed by atoms with E-state index in [-0.39, 0.29) is 12.3 Å². The van der Waals surface area contributed by atoms with E-state index in [1.807, 2.05) is 6.08 Å². The summed E-state index contributed by atoms with van der Waals surface area (Å²) in [6, 6.07) is -2.84. The Bertz CT molecular complexity index is 2230. The summed E-state index contributed by atoms with van der Waals surface area (Å²) >= 11 is 0. The summed E-state index contributed by atoms with van der Waals surface area (Å²) in [7, 11) is 0. The molecule has 27 atom stereocenters. The smallest absolute Gasteiger partial charge is 0.220 e. The number of rotatable bonds is 53. The first-order chi connectivity index (χ1) is 49.7. The van der Waals surface area contributed by atoms with Gasteiger partial charge in [0.05, 0.1) is 51.3 Å². The van der Waals surface area contributed by atoms with E-state index in [9.17, 15) is 86.2 Å². The second-order valence-electron chi connectivity index (χ2n) is 29.2. The van der Waals surface area contributed by atoms with E-state index < -0.39 is 205 Å². The molecule has 5 heterocycles. The van der Waals surface area contributed by atoms with Crippen LogP contribution in [0.3, 0.4) is 0 Å². The van der Waals surface area contributed by atoms with Gasteiger partial charge in [0.2, 0.25) is 11.8 Å². The van der Waals surface area contributed by atoms with Gasteiger partial charge in [0.25, 0.3) is 0 Å². The molecule has 0 radical (unpaired) electrons. The predicted octanol–water partition coefficient (Wildman–Crippen LogP) is 2.98. The fraction of sp³-hybridized carbons (Fsp3) is 0.946. The highest BCUT2D eigenvalue weighted by molar-refractivity contribution is 5.76. The van der Waals surface area contributed by atoms with Gasteiger partial charge in [-0.1, -0.05) is 219 Å². The van der Waals surface area contributed by atoms with E-state index in [0.717, 1.165) is 58.3 Å². The van der Waals surface area contributed by atoms with Crippen molar-refractivity contribution in [3.05, 3.63) is 12.2 Å². The number of carbonyl (C=O) groups is 2. The van der Waals surface area contributed by atoms with E-state index in [0.29, 0.717) is 12.8 Å². The van der Waals surface area contributed by atoms with E-state index in [4.69, 9.17) is 47.4 Å². The summed E-state index contributed by atoms with van der Waals surface area (Å²) in [6.45, 7) is 2.58. The lowest BCUT2D eigenvalue weighted by Gasteiger charge is -2.51. The molecule has 103 heavy (non-hydrogen) atoms. The normalized spacial score (nSPS) is 35.0. The van der Waals surface area contributed by atoms with Crippen LogP contribution < -0.4 is 10.6 Å². The van der Waals surface area contributed by atoms with Crippen LogP contribution in [0.2, 0.25) is 0 Å². The maximum absolute atomic E-state index is 13.6. The highest BCUT2D eigenvalue weighted by Gasteiger charge is 2.58. The number of aliphatic hydroxyl groups is 15. The Labute approximate surface area is 610 Å². The SMILES string of the molecule is CCCCCCCCCCCCC/C=C/[C@@H](O)[C@H](CO[C@@H]1OC(CO)[C@@H](O[C@@H]2OC(CO)[C@H](O)[C@H](O[C@@H]3OC(CO)[C@@H](O[C@H]4OC(C)[C@@H](O)C(O)[C@@H]4O)[C@H](O[C@@H]4OC(CO)[C@H](O)[C@H](O)C4O)C3NC(C)=O)C2O)[C@H](O)C1O)NC(=O)CCCCCCCCCCCCCCCCCCCCCCC. The molecule has 0 aromatic rings. The second kappa shape index (κ2) is 51.2. The number of carbonyl (C=O) groups excluding carboxylic acids is 2. The Kier molecular flexibility index (Phi) is 45.4. The zero-order valence-corrected chi connectivity index (χ0v) is 61.9. The minimum atomic E-state index is -2.19. The molecular formula is C74H136N2O27. The van der Waals surface area contributed by atoms with Gasteiger partial charge in [0.1, 0.15) is 116 Å². The molecule has 29 nitrogen and oxygen atoms in total. The second-order valence-corrected chi connectivity index (χ2v) is 29.2. The molecule has 2 amide bonds. The molecule has 5 aliphatic rings. The van der Waals surface area contributed by atoms with Crippen LogP contribution in [0.25, 0.3) is 0 Å². The Morgan fingerprint density at radius 2 is 0.777 bits per heavy atom. The van der Waals surface area contributed by atoms with Crippen LogP contribution in [0.15, 0.2) is 12.2 Å². The number of unbranched alkanes of at least 4 members (excludes halogenated alkanes) is 31. The van der Waals surface area contributed by atoms with Crippen molar-refractivity contribution in [3.63, 3.8) is 0 Å².